The lowest BCUT2D eigenvalue weighted by Gasteiger charge is -2.29. The van der Waals surface area contributed by atoms with E-state index in [9.17, 15) is 4.79 Å². The van der Waals surface area contributed by atoms with Gasteiger partial charge in [-0.3, -0.25) is 0 Å². The number of carbonyl (C=O) groups is 1. The van der Waals surface area contributed by atoms with E-state index in [0.717, 1.165) is 21.9 Å². The summed E-state index contributed by atoms with van der Waals surface area (Å²) in [4.78, 5) is 12.7. The number of hydrogen-bond donors (Lipinski definition) is 1. The molecular weight excluding hydrogens is 362 g/mol. The lowest BCUT2D eigenvalue weighted by atomic mass is 9.80. The Kier molecular flexibility index (Phi) is 4.50. The van der Waals surface area contributed by atoms with Gasteiger partial charge in [-0.2, -0.15) is 0 Å². The molecule has 0 aromatic heterocycles. The van der Waals surface area contributed by atoms with E-state index in [1.165, 1.54) is 0 Å². The molecule has 1 atom stereocenters. The number of rotatable bonds is 3. The number of esters is 1. The van der Waals surface area contributed by atoms with Crippen LogP contribution in [0.2, 0.25) is 5.02 Å². The number of nitrogens with two attached hydrogens (primary N) is 1. The van der Waals surface area contributed by atoms with Crippen LogP contribution in [0.4, 0.5) is 0 Å². The normalized spacial score (nSPS) is 16.0. The molecule has 0 saturated heterocycles. The van der Waals surface area contributed by atoms with E-state index in [-0.39, 0.29) is 12.5 Å². The zero-order valence-corrected chi connectivity index (χ0v) is 15.5. The van der Waals surface area contributed by atoms with Gasteiger partial charge in [-0.05, 0) is 41.5 Å². The lowest BCUT2D eigenvalue weighted by Crippen LogP contribution is -2.27. The molecule has 2 N–H and O–H groups in total. The van der Waals surface area contributed by atoms with Crippen molar-refractivity contribution in [3.05, 3.63) is 88.3 Å². The van der Waals surface area contributed by atoms with Crippen LogP contribution in [0.25, 0.3) is 10.8 Å². The van der Waals surface area contributed by atoms with Crippen LogP contribution in [-0.4, -0.2) is 12.6 Å². The van der Waals surface area contributed by atoms with E-state index in [1.54, 1.807) is 13.0 Å². The number of ether oxygens (including phenoxy) is 2. The van der Waals surface area contributed by atoms with Gasteiger partial charge in [0.15, 0.2) is 0 Å². The third-order valence-corrected chi connectivity index (χ3v) is 4.91. The quantitative estimate of drug-likeness (QED) is 0.667. The smallest absolute Gasteiger partial charge is 0.340 e. The molecule has 0 amide bonds. The maximum Gasteiger partial charge on any atom is 0.340 e. The second kappa shape index (κ2) is 6.97. The van der Waals surface area contributed by atoms with Gasteiger partial charge >= 0.3 is 5.97 Å². The molecule has 1 aliphatic rings. The number of benzene rings is 3. The van der Waals surface area contributed by atoms with Gasteiger partial charge in [-0.15, -0.1) is 0 Å². The zero-order chi connectivity index (χ0) is 19.0. The third-order valence-electron chi connectivity index (χ3n) is 4.67. The molecule has 3 aromatic rings. The highest BCUT2D eigenvalue weighted by atomic mass is 35.5. The van der Waals surface area contributed by atoms with Crippen LogP contribution in [0, 0.1) is 0 Å². The Morgan fingerprint density at radius 2 is 1.96 bits per heavy atom. The summed E-state index contributed by atoms with van der Waals surface area (Å²) in [5.41, 5.74) is 8.19. The summed E-state index contributed by atoms with van der Waals surface area (Å²) in [5.74, 6) is -0.235. The Morgan fingerprint density at radius 1 is 1.15 bits per heavy atom. The summed E-state index contributed by atoms with van der Waals surface area (Å²) in [6.45, 7) is 2.01. The predicted octanol–water partition coefficient (Wildman–Crippen LogP) is 4.75. The van der Waals surface area contributed by atoms with Crippen molar-refractivity contribution in [3.63, 3.8) is 0 Å². The fourth-order valence-corrected chi connectivity index (χ4v) is 3.77. The van der Waals surface area contributed by atoms with Crippen molar-refractivity contribution < 1.29 is 14.3 Å². The fourth-order valence-electron chi connectivity index (χ4n) is 3.57. The highest BCUT2D eigenvalue weighted by Gasteiger charge is 2.36. The van der Waals surface area contributed by atoms with E-state index in [1.807, 2.05) is 54.6 Å². The Balaban J connectivity index is 2.02. The first-order chi connectivity index (χ1) is 13.1. The van der Waals surface area contributed by atoms with Crippen LogP contribution in [0.1, 0.15) is 24.0 Å². The minimum atomic E-state index is -0.487. The lowest BCUT2D eigenvalue weighted by molar-refractivity contribution is -0.139. The van der Waals surface area contributed by atoms with Crippen LogP contribution >= 0.6 is 11.6 Å². The van der Waals surface area contributed by atoms with Crippen molar-refractivity contribution in [1.29, 1.82) is 0 Å². The van der Waals surface area contributed by atoms with Crippen molar-refractivity contribution in [2.75, 3.05) is 6.61 Å². The van der Waals surface area contributed by atoms with Gasteiger partial charge in [0.05, 0.1) is 12.5 Å². The molecule has 27 heavy (non-hydrogen) atoms. The second-order valence-electron chi connectivity index (χ2n) is 6.29. The number of halogens is 1. The van der Waals surface area contributed by atoms with Crippen molar-refractivity contribution in [2.45, 2.75) is 12.8 Å². The van der Waals surface area contributed by atoms with Crippen molar-refractivity contribution in [1.82, 2.24) is 0 Å². The van der Waals surface area contributed by atoms with E-state index in [4.69, 9.17) is 26.8 Å². The Morgan fingerprint density at radius 3 is 2.74 bits per heavy atom. The van der Waals surface area contributed by atoms with E-state index >= 15 is 0 Å². The topological polar surface area (TPSA) is 61.5 Å². The van der Waals surface area contributed by atoms with Gasteiger partial charge < -0.3 is 15.2 Å². The van der Waals surface area contributed by atoms with Gasteiger partial charge in [-0.1, -0.05) is 54.1 Å². The first kappa shape index (κ1) is 17.4. The molecular formula is C22H18ClNO3. The van der Waals surface area contributed by atoms with Crippen LogP contribution in [0.3, 0.4) is 0 Å². The molecule has 3 aromatic carbocycles. The van der Waals surface area contributed by atoms with E-state index < -0.39 is 11.9 Å². The molecule has 0 radical (unpaired) electrons. The predicted molar refractivity (Wildman–Crippen MR) is 106 cm³/mol. The first-order valence-corrected chi connectivity index (χ1v) is 9.09. The fraction of sp³-hybridized carbons (Fsp3) is 0.136. The standard InChI is InChI=1S/C22H18ClNO3/c1-2-26-22(25)20-18(14-7-5-8-15(23)12-14)19-16-9-4-3-6-13(16)10-11-17(19)27-21(20)24/h3-12,18H,2,24H2,1H3/t18-/m1/s1. The number of hydrogen-bond acceptors (Lipinski definition) is 4. The van der Waals surface area contributed by atoms with Crippen molar-refractivity contribution >= 4 is 28.3 Å². The largest absolute Gasteiger partial charge is 0.462 e. The molecule has 0 fully saturated rings. The Labute approximate surface area is 162 Å². The van der Waals surface area contributed by atoms with Crippen LogP contribution in [0.5, 0.6) is 5.75 Å². The highest BCUT2D eigenvalue weighted by Crippen LogP contribution is 2.46. The average molecular weight is 380 g/mol. The van der Waals surface area contributed by atoms with Crippen LogP contribution in [-0.2, 0) is 9.53 Å². The van der Waals surface area contributed by atoms with E-state index in [2.05, 4.69) is 0 Å². The Hall–Kier alpha value is -2.98. The van der Waals surface area contributed by atoms with Gasteiger partial charge in [0.25, 0.3) is 0 Å². The molecule has 1 aliphatic heterocycles. The molecule has 0 unspecified atom stereocenters. The maximum absolute atomic E-state index is 12.7. The number of carbonyl (C=O) groups excluding carboxylic acids is 1. The zero-order valence-electron chi connectivity index (χ0n) is 14.7. The SMILES string of the molecule is CCOC(=O)C1=C(N)Oc2ccc3ccccc3c2[C@H]1c1cccc(Cl)c1. The highest BCUT2D eigenvalue weighted by molar-refractivity contribution is 6.30. The first-order valence-electron chi connectivity index (χ1n) is 8.72. The van der Waals surface area contributed by atoms with E-state index in [0.29, 0.717) is 16.3 Å². The molecule has 4 nitrogen and oxygen atoms in total. The minimum Gasteiger partial charge on any atom is -0.462 e. The summed E-state index contributed by atoms with van der Waals surface area (Å²) >= 11 is 6.24. The van der Waals surface area contributed by atoms with Crippen molar-refractivity contribution in [2.24, 2.45) is 5.73 Å². The summed E-state index contributed by atoms with van der Waals surface area (Å²) in [6, 6.07) is 19.3. The van der Waals surface area contributed by atoms with Gasteiger partial charge in [0, 0.05) is 10.6 Å². The number of fused-ring (bicyclic) bond motifs is 3. The van der Waals surface area contributed by atoms with Gasteiger partial charge in [0.2, 0.25) is 5.88 Å². The van der Waals surface area contributed by atoms with Gasteiger partial charge in [-0.25, -0.2) is 4.79 Å². The van der Waals surface area contributed by atoms with Crippen molar-refractivity contribution in [3.8, 4) is 5.75 Å². The molecule has 0 saturated carbocycles. The molecule has 4 rings (SSSR count). The minimum absolute atomic E-state index is 0.0567. The summed E-state index contributed by atoms with van der Waals surface area (Å²) in [7, 11) is 0. The molecule has 0 spiro atoms. The van der Waals surface area contributed by atoms with Crippen LogP contribution < -0.4 is 10.5 Å². The molecule has 0 bridgehead atoms. The maximum atomic E-state index is 12.7. The molecule has 136 valence electrons. The molecule has 5 heteroatoms. The summed E-state index contributed by atoms with van der Waals surface area (Å²) < 4.78 is 11.1. The molecule has 1 heterocycles. The van der Waals surface area contributed by atoms with Gasteiger partial charge in [0.1, 0.15) is 11.3 Å². The molecule has 0 aliphatic carbocycles. The third kappa shape index (κ3) is 3.02. The van der Waals surface area contributed by atoms with Crippen LogP contribution in [0.15, 0.2) is 72.1 Å². The summed E-state index contributed by atoms with van der Waals surface area (Å²) in [5, 5.41) is 2.63. The second-order valence-corrected chi connectivity index (χ2v) is 6.72. The summed E-state index contributed by atoms with van der Waals surface area (Å²) in [6.07, 6.45) is 0. The average Bonchev–Trinajstić information content (AvgIpc) is 2.66. The Bertz CT molecular complexity index is 1070. The monoisotopic (exact) mass is 379 g/mol.